The molecular weight excluding hydrogens is 322 g/mol. The van der Waals surface area contributed by atoms with Crippen molar-refractivity contribution in [2.45, 2.75) is 20.0 Å². The Morgan fingerprint density at radius 1 is 1.44 bits per heavy atom. The molecule has 3 rings (SSSR count). The van der Waals surface area contributed by atoms with Crippen LogP contribution < -0.4 is 15.4 Å². The van der Waals surface area contributed by atoms with Crippen molar-refractivity contribution in [2.24, 2.45) is 5.92 Å². The minimum absolute atomic E-state index is 0.00427. The number of nitrogens with one attached hydrogen (secondary N) is 2. The highest BCUT2D eigenvalue weighted by Crippen LogP contribution is 2.28. The number of ether oxygens (including phenoxy) is 2. The van der Waals surface area contributed by atoms with Crippen LogP contribution in [-0.4, -0.2) is 62.2 Å². The van der Waals surface area contributed by atoms with E-state index in [4.69, 9.17) is 9.47 Å². The van der Waals surface area contributed by atoms with Gasteiger partial charge in [0, 0.05) is 31.7 Å². The highest BCUT2D eigenvalue weighted by Gasteiger charge is 2.22. The molecule has 1 aromatic rings. The van der Waals surface area contributed by atoms with Crippen molar-refractivity contribution in [3.05, 3.63) is 23.8 Å². The molecule has 0 unspecified atom stereocenters. The van der Waals surface area contributed by atoms with E-state index in [9.17, 15) is 9.59 Å². The van der Waals surface area contributed by atoms with Gasteiger partial charge in [0.15, 0.2) is 6.61 Å². The van der Waals surface area contributed by atoms with Gasteiger partial charge in [-0.2, -0.15) is 0 Å². The van der Waals surface area contributed by atoms with Gasteiger partial charge in [-0.25, -0.2) is 0 Å². The second-order valence-electron chi connectivity index (χ2n) is 6.90. The average Bonchev–Trinajstić information content (AvgIpc) is 2.59. The molecule has 7 heteroatoms. The molecular formula is C18H25N3O4. The molecule has 1 aromatic carbocycles. The molecule has 2 aliphatic heterocycles. The maximum absolute atomic E-state index is 12.4. The van der Waals surface area contributed by atoms with Gasteiger partial charge in [-0.05, 0) is 24.1 Å². The van der Waals surface area contributed by atoms with Crippen LogP contribution in [0.1, 0.15) is 24.2 Å². The number of benzene rings is 1. The van der Waals surface area contributed by atoms with Crippen molar-refractivity contribution in [2.75, 3.05) is 44.7 Å². The molecule has 2 N–H and O–H groups in total. The van der Waals surface area contributed by atoms with Crippen molar-refractivity contribution in [3.8, 4) is 5.75 Å². The number of hydrogen-bond acceptors (Lipinski definition) is 5. The predicted molar refractivity (Wildman–Crippen MR) is 93.9 cm³/mol. The number of rotatable bonds is 5. The van der Waals surface area contributed by atoms with Crippen LogP contribution in [0.2, 0.25) is 0 Å². The first-order valence-electron chi connectivity index (χ1n) is 8.70. The summed E-state index contributed by atoms with van der Waals surface area (Å²) in [6.45, 7) is 8.36. The molecule has 2 aliphatic rings. The maximum atomic E-state index is 12.4. The third-order valence-corrected chi connectivity index (χ3v) is 4.21. The smallest absolute Gasteiger partial charge is 0.262 e. The lowest BCUT2D eigenvalue weighted by atomic mass is 10.1. The highest BCUT2D eigenvalue weighted by atomic mass is 16.5. The Labute approximate surface area is 147 Å². The summed E-state index contributed by atoms with van der Waals surface area (Å²) in [5, 5.41) is 5.63. The minimum Gasteiger partial charge on any atom is -0.482 e. The maximum Gasteiger partial charge on any atom is 0.262 e. The third kappa shape index (κ3) is 4.70. The number of carbonyl (C=O) groups is 2. The SMILES string of the molecule is CC(C)CN1CCO[C@@H](CNC(=O)c2ccc3c(c2)OCC(=O)N3)C1. The van der Waals surface area contributed by atoms with E-state index in [-0.39, 0.29) is 24.5 Å². The molecule has 2 heterocycles. The molecule has 7 nitrogen and oxygen atoms in total. The lowest BCUT2D eigenvalue weighted by molar-refractivity contribution is -0.118. The van der Waals surface area contributed by atoms with Crippen molar-refractivity contribution in [1.29, 1.82) is 0 Å². The van der Waals surface area contributed by atoms with E-state index in [1.54, 1.807) is 18.2 Å². The average molecular weight is 347 g/mol. The number of hydrogen-bond donors (Lipinski definition) is 2. The first-order valence-corrected chi connectivity index (χ1v) is 8.70. The largest absolute Gasteiger partial charge is 0.482 e. The molecule has 0 saturated carbocycles. The van der Waals surface area contributed by atoms with E-state index in [0.29, 0.717) is 36.1 Å². The molecule has 0 aliphatic carbocycles. The standard InChI is InChI=1S/C18H25N3O4/c1-12(2)9-21-5-6-24-14(10-21)8-19-18(23)13-3-4-15-16(7-13)25-11-17(22)20-15/h3-4,7,12,14H,5-6,8-11H2,1-2H3,(H,19,23)(H,20,22)/t14-/m0/s1. The highest BCUT2D eigenvalue weighted by molar-refractivity contribution is 5.98. The van der Waals surface area contributed by atoms with Crippen LogP contribution in [0.25, 0.3) is 0 Å². The molecule has 0 radical (unpaired) electrons. The fourth-order valence-corrected chi connectivity index (χ4v) is 3.11. The van der Waals surface area contributed by atoms with E-state index in [1.807, 2.05) is 0 Å². The topological polar surface area (TPSA) is 79.9 Å². The van der Waals surface area contributed by atoms with Crippen LogP contribution in [0.15, 0.2) is 18.2 Å². The van der Waals surface area contributed by atoms with Gasteiger partial charge in [0.1, 0.15) is 5.75 Å². The summed E-state index contributed by atoms with van der Waals surface area (Å²) in [6, 6.07) is 5.01. The molecule has 1 saturated heterocycles. The van der Waals surface area contributed by atoms with Crippen LogP contribution in [0.4, 0.5) is 5.69 Å². The first kappa shape index (κ1) is 17.7. The van der Waals surface area contributed by atoms with Crippen molar-refractivity contribution < 1.29 is 19.1 Å². The number of carbonyl (C=O) groups excluding carboxylic acids is 2. The second-order valence-corrected chi connectivity index (χ2v) is 6.90. The summed E-state index contributed by atoms with van der Waals surface area (Å²) >= 11 is 0. The summed E-state index contributed by atoms with van der Waals surface area (Å²) in [6.07, 6.45) is 0.00427. The van der Waals surface area contributed by atoms with Crippen LogP contribution >= 0.6 is 0 Å². The monoisotopic (exact) mass is 347 g/mol. The molecule has 0 spiro atoms. The summed E-state index contributed by atoms with van der Waals surface area (Å²) in [5.41, 5.74) is 1.09. The predicted octanol–water partition coefficient (Wildman–Crippen LogP) is 1.10. The lowest BCUT2D eigenvalue weighted by Gasteiger charge is -2.34. The molecule has 1 atom stereocenters. The van der Waals surface area contributed by atoms with Gasteiger partial charge >= 0.3 is 0 Å². The van der Waals surface area contributed by atoms with E-state index < -0.39 is 0 Å². The number of amides is 2. The Kier molecular flexibility index (Phi) is 5.55. The molecule has 2 amide bonds. The van der Waals surface area contributed by atoms with Crippen LogP contribution in [0.5, 0.6) is 5.75 Å². The fourth-order valence-electron chi connectivity index (χ4n) is 3.11. The molecule has 0 aromatic heterocycles. The molecule has 136 valence electrons. The Hall–Kier alpha value is -2.12. The van der Waals surface area contributed by atoms with Gasteiger partial charge in [0.05, 0.1) is 18.4 Å². The third-order valence-electron chi connectivity index (χ3n) is 4.21. The van der Waals surface area contributed by atoms with Crippen LogP contribution in [0.3, 0.4) is 0 Å². The van der Waals surface area contributed by atoms with Crippen molar-refractivity contribution in [1.82, 2.24) is 10.2 Å². The zero-order chi connectivity index (χ0) is 17.8. The normalized spacial score (nSPS) is 20.6. The second kappa shape index (κ2) is 7.84. The number of anilines is 1. The van der Waals surface area contributed by atoms with E-state index >= 15 is 0 Å². The summed E-state index contributed by atoms with van der Waals surface area (Å²) in [5.74, 6) is 0.770. The zero-order valence-electron chi connectivity index (χ0n) is 14.7. The summed E-state index contributed by atoms with van der Waals surface area (Å²) in [7, 11) is 0. The quantitative estimate of drug-likeness (QED) is 0.834. The van der Waals surface area contributed by atoms with Crippen LogP contribution in [0, 0.1) is 5.92 Å². The van der Waals surface area contributed by atoms with E-state index in [0.717, 1.165) is 19.6 Å². The minimum atomic E-state index is -0.190. The van der Waals surface area contributed by atoms with Crippen molar-refractivity contribution >= 4 is 17.5 Å². The van der Waals surface area contributed by atoms with Gasteiger partial charge in [-0.15, -0.1) is 0 Å². The number of nitrogens with zero attached hydrogens (tertiary/aromatic N) is 1. The lowest BCUT2D eigenvalue weighted by Crippen LogP contribution is -2.48. The van der Waals surface area contributed by atoms with Gasteiger partial charge in [0.2, 0.25) is 0 Å². The van der Waals surface area contributed by atoms with E-state index in [2.05, 4.69) is 29.4 Å². The Morgan fingerprint density at radius 3 is 3.08 bits per heavy atom. The fraction of sp³-hybridized carbons (Fsp3) is 0.556. The Bertz CT molecular complexity index is 647. The molecule has 0 bridgehead atoms. The zero-order valence-corrected chi connectivity index (χ0v) is 14.7. The Morgan fingerprint density at radius 2 is 2.28 bits per heavy atom. The molecule has 25 heavy (non-hydrogen) atoms. The van der Waals surface area contributed by atoms with Crippen molar-refractivity contribution in [3.63, 3.8) is 0 Å². The van der Waals surface area contributed by atoms with E-state index in [1.165, 1.54) is 0 Å². The number of fused-ring (bicyclic) bond motifs is 1. The van der Waals surface area contributed by atoms with Crippen LogP contribution in [-0.2, 0) is 9.53 Å². The number of morpholine rings is 1. The van der Waals surface area contributed by atoms with Gasteiger partial charge < -0.3 is 20.1 Å². The van der Waals surface area contributed by atoms with Gasteiger partial charge in [0.25, 0.3) is 11.8 Å². The summed E-state index contributed by atoms with van der Waals surface area (Å²) < 4.78 is 11.1. The summed E-state index contributed by atoms with van der Waals surface area (Å²) in [4.78, 5) is 26.0. The Balaban J connectivity index is 1.53. The van der Waals surface area contributed by atoms with Gasteiger partial charge in [-0.1, -0.05) is 13.8 Å². The molecule has 1 fully saturated rings. The first-order chi connectivity index (χ1) is 12.0. The van der Waals surface area contributed by atoms with Gasteiger partial charge in [-0.3, -0.25) is 14.5 Å².